The van der Waals surface area contributed by atoms with Gasteiger partial charge in [0.15, 0.2) is 0 Å². The first kappa shape index (κ1) is 15.7. The molecule has 0 unspecified atom stereocenters. The molecule has 1 amide bonds. The lowest BCUT2D eigenvalue weighted by Gasteiger charge is -2.11. The molecule has 2 heterocycles. The number of fused-ring (bicyclic) bond motifs is 1. The van der Waals surface area contributed by atoms with E-state index in [2.05, 4.69) is 5.32 Å². The van der Waals surface area contributed by atoms with E-state index in [0.29, 0.717) is 25.4 Å². The van der Waals surface area contributed by atoms with Crippen molar-refractivity contribution in [3.8, 4) is 0 Å². The average Bonchev–Trinajstić information content (AvgIpc) is 3.12. The number of methoxy groups -OCH3 is 1. The third-order valence-corrected chi connectivity index (χ3v) is 4.45. The highest BCUT2D eigenvalue weighted by molar-refractivity contribution is 7.17. The lowest BCUT2D eigenvalue weighted by Crippen LogP contribution is -2.29. The minimum atomic E-state index is -0.264. The molecule has 0 saturated carbocycles. The van der Waals surface area contributed by atoms with Crippen LogP contribution in [-0.4, -0.2) is 30.7 Å². The summed E-state index contributed by atoms with van der Waals surface area (Å²) in [5, 5.41) is 4.84. The summed E-state index contributed by atoms with van der Waals surface area (Å²) in [5.74, 6) is -0.396. The van der Waals surface area contributed by atoms with Crippen LogP contribution in [0.25, 0.3) is 10.2 Å². The molecule has 0 aliphatic carbocycles. The fourth-order valence-corrected chi connectivity index (χ4v) is 3.29. The minimum Gasteiger partial charge on any atom is -0.383 e. The quantitative estimate of drug-likeness (QED) is 0.704. The second kappa shape index (κ2) is 6.93. The molecule has 3 aromatic rings. The largest absolute Gasteiger partial charge is 0.383 e. The Morgan fingerprint density at radius 2 is 2.09 bits per heavy atom. The summed E-state index contributed by atoms with van der Waals surface area (Å²) in [4.78, 5) is 12.4. The molecule has 0 spiro atoms. The van der Waals surface area contributed by atoms with Crippen molar-refractivity contribution in [1.82, 2.24) is 9.88 Å². The van der Waals surface area contributed by atoms with Crippen LogP contribution in [0.4, 0.5) is 4.39 Å². The van der Waals surface area contributed by atoms with E-state index >= 15 is 0 Å². The van der Waals surface area contributed by atoms with E-state index in [9.17, 15) is 9.18 Å². The highest BCUT2D eigenvalue weighted by atomic mass is 32.1. The van der Waals surface area contributed by atoms with Gasteiger partial charge in [-0.3, -0.25) is 4.79 Å². The number of hydrogen-bond acceptors (Lipinski definition) is 3. The first-order valence-electron chi connectivity index (χ1n) is 7.27. The average molecular weight is 332 g/mol. The van der Waals surface area contributed by atoms with E-state index in [4.69, 9.17) is 4.74 Å². The molecular weight excluding hydrogens is 315 g/mol. The molecule has 1 N–H and O–H groups in total. The Hall–Kier alpha value is -2.18. The van der Waals surface area contributed by atoms with Gasteiger partial charge in [0, 0.05) is 20.2 Å². The van der Waals surface area contributed by atoms with Crippen LogP contribution < -0.4 is 5.32 Å². The number of nitrogens with one attached hydrogen (secondary N) is 1. The standard InChI is InChI=1S/C17H17FN2O2S/c1-22-8-7-19-17(21)15-10-16-14(6-9-23-16)20(15)11-12-2-4-13(18)5-3-12/h2-6,9-10H,7-8,11H2,1H3,(H,19,21). The van der Waals surface area contributed by atoms with Crippen molar-refractivity contribution in [2.45, 2.75) is 6.54 Å². The van der Waals surface area contributed by atoms with E-state index in [1.807, 2.05) is 22.1 Å². The maximum absolute atomic E-state index is 13.1. The topological polar surface area (TPSA) is 43.3 Å². The van der Waals surface area contributed by atoms with Gasteiger partial charge in [-0.25, -0.2) is 4.39 Å². The second-order valence-electron chi connectivity index (χ2n) is 5.16. The SMILES string of the molecule is COCCNC(=O)c1cc2sccc2n1Cc1ccc(F)cc1. The molecule has 0 fully saturated rings. The lowest BCUT2D eigenvalue weighted by atomic mass is 10.2. The number of benzene rings is 1. The normalized spacial score (nSPS) is 11.0. The number of carbonyl (C=O) groups excluding carboxylic acids is 1. The van der Waals surface area contributed by atoms with Crippen LogP contribution in [0, 0.1) is 5.82 Å². The maximum Gasteiger partial charge on any atom is 0.268 e. The molecule has 0 radical (unpaired) electrons. The first-order valence-corrected chi connectivity index (χ1v) is 8.15. The monoisotopic (exact) mass is 332 g/mol. The second-order valence-corrected chi connectivity index (χ2v) is 6.11. The van der Waals surface area contributed by atoms with Gasteiger partial charge in [0.1, 0.15) is 11.5 Å². The van der Waals surface area contributed by atoms with Gasteiger partial charge in [0.2, 0.25) is 0 Å². The maximum atomic E-state index is 13.1. The summed E-state index contributed by atoms with van der Waals surface area (Å²) in [6.45, 7) is 1.46. The van der Waals surface area contributed by atoms with Crippen LogP contribution in [0.1, 0.15) is 16.1 Å². The summed E-state index contributed by atoms with van der Waals surface area (Å²) in [7, 11) is 1.60. The van der Waals surface area contributed by atoms with E-state index in [0.717, 1.165) is 15.8 Å². The molecule has 120 valence electrons. The number of aromatic nitrogens is 1. The number of nitrogens with zero attached hydrogens (tertiary/aromatic N) is 1. The fraction of sp³-hybridized carbons (Fsp3) is 0.235. The molecule has 1 aromatic carbocycles. The fourth-order valence-electron chi connectivity index (χ4n) is 2.47. The summed E-state index contributed by atoms with van der Waals surface area (Å²) in [6.07, 6.45) is 0. The van der Waals surface area contributed by atoms with Gasteiger partial charge in [-0.2, -0.15) is 0 Å². The summed E-state index contributed by atoms with van der Waals surface area (Å²) in [6, 6.07) is 10.2. The van der Waals surface area contributed by atoms with Crippen molar-refractivity contribution in [2.24, 2.45) is 0 Å². The summed E-state index contributed by atoms with van der Waals surface area (Å²) >= 11 is 1.60. The number of halogens is 1. The molecule has 0 aliphatic heterocycles. The van der Waals surface area contributed by atoms with Crippen LogP contribution in [0.2, 0.25) is 0 Å². The zero-order chi connectivity index (χ0) is 16.2. The van der Waals surface area contributed by atoms with E-state index in [-0.39, 0.29) is 11.7 Å². The number of carbonyl (C=O) groups is 1. The zero-order valence-corrected chi connectivity index (χ0v) is 13.5. The highest BCUT2D eigenvalue weighted by Crippen LogP contribution is 2.26. The van der Waals surface area contributed by atoms with Gasteiger partial charge in [-0.1, -0.05) is 12.1 Å². The van der Waals surface area contributed by atoms with Crippen molar-refractivity contribution >= 4 is 27.5 Å². The Labute approximate surface area is 137 Å². The molecule has 6 heteroatoms. The predicted molar refractivity (Wildman–Crippen MR) is 89.5 cm³/mol. The van der Waals surface area contributed by atoms with Gasteiger partial charge in [0.25, 0.3) is 5.91 Å². The minimum absolute atomic E-state index is 0.132. The van der Waals surface area contributed by atoms with E-state index in [1.54, 1.807) is 30.6 Å². The molecular formula is C17H17FN2O2S. The number of amides is 1. The van der Waals surface area contributed by atoms with E-state index < -0.39 is 0 Å². The van der Waals surface area contributed by atoms with Gasteiger partial charge < -0.3 is 14.6 Å². The Morgan fingerprint density at radius 3 is 2.83 bits per heavy atom. The molecule has 2 aromatic heterocycles. The first-order chi connectivity index (χ1) is 11.2. The number of thiophene rings is 1. The van der Waals surface area contributed by atoms with Gasteiger partial charge >= 0.3 is 0 Å². The molecule has 4 nitrogen and oxygen atoms in total. The Balaban J connectivity index is 1.90. The Bertz CT molecular complexity index is 808. The van der Waals surface area contributed by atoms with Crippen molar-refractivity contribution in [3.63, 3.8) is 0 Å². The number of ether oxygens (including phenoxy) is 1. The predicted octanol–water partition coefficient (Wildman–Crippen LogP) is 3.27. The van der Waals surface area contributed by atoms with Gasteiger partial charge in [-0.15, -0.1) is 11.3 Å². The van der Waals surface area contributed by atoms with Crippen molar-refractivity contribution in [1.29, 1.82) is 0 Å². The molecule has 0 bridgehead atoms. The Morgan fingerprint density at radius 1 is 1.30 bits per heavy atom. The van der Waals surface area contributed by atoms with Crippen LogP contribution in [0.3, 0.4) is 0 Å². The third kappa shape index (κ3) is 3.43. The van der Waals surface area contributed by atoms with Crippen LogP contribution in [0.5, 0.6) is 0 Å². The third-order valence-electron chi connectivity index (χ3n) is 3.60. The Kier molecular flexibility index (Phi) is 4.73. The van der Waals surface area contributed by atoms with Crippen LogP contribution in [0.15, 0.2) is 41.8 Å². The smallest absolute Gasteiger partial charge is 0.268 e. The van der Waals surface area contributed by atoms with Crippen molar-refractivity contribution in [3.05, 3.63) is 58.9 Å². The summed E-state index contributed by atoms with van der Waals surface area (Å²) < 4.78 is 21.0. The highest BCUT2D eigenvalue weighted by Gasteiger charge is 2.16. The summed E-state index contributed by atoms with van der Waals surface area (Å²) in [5.41, 5.74) is 2.56. The molecule has 3 rings (SSSR count). The molecule has 23 heavy (non-hydrogen) atoms. The zero-order valence-electron chi connectivity index (χ0n) is 12.7. The lowest BCUT2D eigenvalue weighted by molar-refractivity contribution is 0.0928. The molecule has 0 atom stereocenters. The van der Waals surface area contributed by atoms with Crippen LogP contribution >= 0.6 is 11.3 Å². The van der Waals surface area contributed by atoms with Gasteiger partial charge in [0.05, 0.1) is 16.8 Å². The number of rotatable bonds is 6. The van der Waals surface area contributed by atoms with E-state index in [1.165, 1.54) is 12.1 Å². The van der Waals surface area contributed by atoms with Crippen LogP contribution in [-0.2, 0) is 11.3 Å². The van der Waals surface area contributed by atoms with Crippen molar-refractivity contribution in [2.75, 3.05) is 20.3 Å². The van der Waals surface area contributed by atoms with Crippen molar-refractivity contribution < 1.29 is 13.9 Å². The van der Waals surface area contributed by atoms with Gasteiger partial charge in [-0.05, 0) is 35.2 Å². The molecule has 0 aliphatic rings. The number of hydrogen-bond donors (Lipinski definition) is 1. The molecule has 0 saturated heterocycles.